The molecule has 0 spiro atoms. The van der Waals surface area contributed by atoms with Gasteiger partial charge < -0.3 is 5.32 Å². The first kappa shape index (κ1) is 7.58. The van der Waals surface area contributed by atoms with Crippen molar-refractivity contribution in [1.29, 1.82) is 0 Å². The molecule has 1 aliphatic carbocycles. The van der Waals surface area contributed by atoms with Gasteiger partial charge in [-0.15, -0.1) is 0 Å². The molecule has 0 heterocycles. The molecule has 2 heteroatoms. The predicted octanol–water partition coefficient (Wildman–Crippen LogP) is 1.31. The van der Waals surface area contributed by atoms with Crippen LogP contribution in [0.4, 0.5) is 0 Å². The van der Waals surface area contributed by atoms with E-state index in [1.165, 1.54) is 6.42 Å². The van der Waals surface area contributed by atoms with Crippen molar-refractivity contribution in [2.75, 3.05) is 7.05 Å². The maximum atomic E-state index is 11.2. The van der Waals surface area contributed by atoms with Crippen LogP contribution in [0.2, 0.25) is 0 Å². The Kier molecular flexibility index (Phi) is 1.97. The van der Waals surface area contributed by atoms with Crippen molar-refractivity contribution in [1.82, 2.24) is 5.32 Å². The summed E-state index contributed by atoms with van der Waals surface area (Å²) in [6, 6.07) is 0. The van der Waals surface area contributed by atoms with Gasteiger partial charge in [0.2, 0.25) is 5.91 Å². The van der Waals surface area contributed by atoms with Gasteiger partial charge in [0.1, 0.15) is 0 Å². The van der Waals surface area contributed by atoms with Gasteiger partial charge in [0.25, 0.3) is 0 Å². The summed E-state index contributed by atoms with van der Waals surface area (Å²) in [5, 5.41) is 2.72. The molecule has 58 valence electrons. The number of rotatable bonds is 2. The second-order valence-corrected chi connectivity index (χ2v) is 3.07. The fraction of sp³-hybridized carbons (Fsp3) is 0.875. The lowest BCUT2D eigenvalue weighted by Gasteiger charge is -2.38. The predicted molar refractivity (Wildman–Crippen MR) is 40.6 cm³/mol. The molecule has 1 N–H and O–H groups in total. The lowest BCUT2D eigenvalue weighted by molar-refractivity contribution is -0.135. The molecule has 1 rings (SSSR count). The highest BCUT2D eigenvalue weighted by molar-refractivity contribution is 5.83. The van der Waals surface area contributed by atoms with E-state index in [1.807, 2.05) is 0 Å². The number of carbonyl (C=O) groups excluding carboxylic acids is 1. The third-order valence-corrected chi connectivity index (χ3v) is 2.70. The minimum atomic E-state index is 0.0226. The molecule has 1 aliphatic rings. The van der Waals surface area contributed by atoms with Crippen LogP contribution in [0.3, 0.4) is 0 Å². The Morgan fingerprint density at radius 1 is 1.60 bits per heavy atom. The maximum absolute atomic E-state index is 11.2. The zero-order valence-electron chi connectivity index (χ0n) is 6.74. The van der Waals surface area contributed by atoms with E-state index in [4.69, 9.17) is 0 Å². The average molecular weight is 141 g/mol. The molecule has 0 atom stereocenters. The Morgan fingerprint density at radius 2 is 2.20 bits per heavy atom. The molecule has 2 nitrogen and oxygen atoms in total. The van der Waals surface area contributed by atoms with Gasteiger partial charge in [0.05, 0.1) is 0 Å². The number of amides is 1. The van der Waals surface area contributed by atoms with E-state index in [1.54, 1.807) is 7.05 Å². The van der Waals surface area contributed by atoms with Gasteiger partial charge in [-0.25, -0.2) is 0 Å². The van der Waals surface area contributed by atoms with Crippen molar-refractivity contribution in [3.8, 4) is 0 Å². The first-order valence-corrected chi connectivity index (χ1v) is 3.97. The number of hydrogen-bond acceptors (Lipinski definition) is 1. The highest BCUT2D eigenvalue weighted by Crippen LogP contribution is 2.43. The van der Waals surface area contributed by atoms with Crippen LogP contribution in [0.15, 0.2) is 0 Å². The van der Waals surface area contributed by atoms with E-state index in [0.29, 0.717) is 0 Å². The topological polar surface area (TPSA) is 29.1 Å². The summed E-state index contributed by atoms with van der Waals surface area (Å²) in [6.07, 6.45) is 4.39. The first-order valence-electron chi connectivity index (χ1n) is 3.97. The quantitative estimate of drug-likeness (QED) is 0.617. The van der Waals surface area contributed by atoms with Crippen molar-refractivity contribution < 1.29 is 4.79 Å². The van der Waals surface area contributed by atoms with Crippen LogP contribution in [0.1, 0.15) is 32.6 Å². The summed E-state index contributed by atoms with van der Waals surface area (Å²) < 4.78 is 0. The van der Waals surface area contributed by atoms with Gasteiger partial charge in [-0.1, -0.05) is 13.3 Å². The molecule has 1 fully saturated rings. The maximum Gasteiger partial charge on any atom is 0.225 e. The second-order valence-electron chi connectivity index (χ2n) is 3.07. The molecule has 1 saturated carbocycles. The van der Waals surface area contributed by atoms with Gasteiger partial charge in [-0.05, 0) is 19.3 Å². The molecule has 10 heavy (non-hydrogen) atoms. The van der Waals surface area contributed by atoms with Gasteiger partial charge >= 0.3 is 0 Å². The van der Waals surface area contributed by atoms with E-state index in [9.17, 15) is 4.79 Å². The van der Waals surface area contributed by atoms with Gasteiger partial charge in [-0.3, -0.25) is 4.79 Å². The summed E-state index contributed by atoms with van der Waals surface area (Å²) in [5.74, 6) is 0.237. The normalized spacial score (nSPS) is 21.4. The Bertz CT molecular complexity index is 133. The largest absolute Gasteiger partial charge is 0.359 e. The van der Waals surface area contributed by atoms with Gasteiger partial charge in [0, 0.05) is 12.5 Å². The van der Waals surface area contributed by atoms with Crippen molar-refractivity contribution >= 4 is 5.91 Å². The Balaban J connectivity index is 2.55. The number of hydrogen-bond donors (Lipinski definition) is 1. The molecule has 0 aromatic carbocycles. The van der Waals surface area contributed by atoms with Crippen LogP contribution in [-0.4, -0.2) is 13.0 Å². The number of nitrogens with one attached hydrogen (secondary N) is 1. The molecule has 0 aromatic heterocycles. The van der Waals surface area contributed by atoms with Crippen LogP contribution >= 0.6 is 0 Å². The Hall–Kier alpha value is -0.530. The molecule has 0 aliphatic heterocycles. The van der Waals surface area contributed by atoms with Crippen LogP contribution in [-0.2, 0) is 4.79 Å². The average Bonchev–Trinajstić information content (AvgIpc) is 1.86. The molecule has 0 unspecified atom stereocenters. The zero-order chi connectivity index (χ0) is 7.61. The fourth-order valence-electron chi connectivity index (χ4n) is 1.61. The summed E-state index contributed by atoms with van der Waals surface area (Å²) in [5.41, 5.74) is 0.0226. The van der Waals surface area contributed by atoms with E-state index in [2.05, 4.69) is 12.2 Å². The molecule has 0 bridgehead atoms. The zero-order valence-corrected chi connectivity index (χ0v) is 6.74. The van der Waals surface area contributed by atoms with Crippen molar-refractivity contribution in [3.05, 3.63) is 0 Å². The minimum absolute atomic E-state index is 0.0226. The summed E-state index contributed by atoms with van der Waals surface area (Å²) in [4.78, 5) is 11.2. The van der Waals surface area contributed by atoms with E-state index < -0.39 is 0 Å². The van der Waals surface area contributed by atoms with Crippen LogP contribution in [0.5, 0.6) is 0 Å². The summed E-state index contributed by atoms with van der Waals surface area (Å²) in [6.45, 7) is 2.09. The molecule has 0 saturated heterocycles. The highest BCUT2D eigenvalue weighted by Gasteiger charge is 2.41. The molecular weight excluding hydrogens is 126 g/mol. The Labute approximate surface area is 62.0 Å². The van der Waals surface area contributed by atoms with Crippen molar-refractivity contribution in [3.63, 3.8) is 0 Å². The standard InChI is InChI=1S/C8H15NO/c1-3-8(5-4-6-8)7(10)9-2/h3-6H2,1-2H3,(H,9,10). The van der Waals surface area contributed by atoms with Crippen LogP contribution < -0.4 is 5.32 Å². The lowest BCUT2D eigenvalue weighted by Crippen LogP contribution is -2.43. The summed E-state index contributed by atoms with van der Waals surface area (Å²) in [7, 11) is 1.72. The monoisotopic (exact) mass is 141 g/mol. The highest BCUT2D eigenvalue weighted by atomic mass is 16.2. The molecule has 0 radical (unpaired) electrons. The van der Waals surface area contributed by atoms with E-state index in [-0.39, 0.29) is 11.3 Å². The van der Waals surface area contributed by atoms with Gasteiger partial charge in [-0.2, -0.15) is 0 Å². The second kappa shape index (κ2) is 2.60. The number of carbonyl (C=O) groups is 1. The molecule has 0 aromatic rings. The molecular formula is C8H15NO. The van der Waals surface area contributed by atoms with Crippen molar-refractivity contribution in [2.24, 2.45) is 5.41 Å². The SMILES string of the molecule is CCC1(C(=O)NC)CCC1. The molecule has 1 amide bonds. The minimum Gasteiger partial charge on any atom is -0.359 e. The first-order chi connectivity index (χ1) is 4.75. The third kappa shape index (κ3) is 0.917. The van der Waals surface area contributed by atoms with Crippen LogP contribution in [0, 0.1) is 5.41 Å². The van der Waals surface area contributed by atoms with Crippen LogP contribution in [0.25, 0.3) is 0 Å². The smallest absolute Gasteiger partial charge is 0.225 e. The van der Waals surface area contributed by atoms with E-state index >= 15 is 0 Å². The third-order valence-electron chi connectivity index (χ3n) is 2.70. The fourth-order valence-corrected chi connectivity index (χ4v) is 1.61. The summed E-state index contributed by atoms with van der Waals surface area (Å²) >= 11 is 0. The van der Waals surface area contributed by atoms with Crippen molar-refractivity contribution in [2.45, 2.75) is 32.6 Å². The lowest BCUT2D eigenvalue weighted by atomic mass is 9.66. The van der Waals surface area contributed by atoms with Gasteiger partial charge in [0.15, 0.2) is 0 Å². The Morgan fingerprint density at radius 3 is 2.30 bits per heavy atom. The van der Waals surface area contributed by atoms with E-state index in [0.717, 1.165) is 19.3 Å².